The van der Waals surface area contributed by atoms with E-state index in [-0.39, 0.29) is 12.7 Å². The number of allylic oxidation sites excluding steroid dienone is 4. The van der Waals surface area contributed by atoms with Crippen LogP contribution in [0, 0.1) is 0 Å². The minimum atomic E-state index is -0.572. The van der Waals surface area contributed by atoms with Gasteiger partial charge in [-0.25, -0.2) is 4.79 Å². The first kappa shape index (κ1) is 31.7. The van der Waals surface area contributed by atoms with Gasteiger partial charge in [0, 0.05) is 13.2 Å². The Morgan fingerprint density at radius 2 is 1.42 bits per heavy atom. The molecule has 1 N–H and O–H groups in total. The number of nitrogens with zero attached hydrogens (tertiary/aromatic N) is 1. The molecule has 0 rings (SSSR count). The SMILES string of the molecule is CCCCC/C=C\C/C=C\CCCCCCCCC(CCCO)OC(=O)OCCCN(C)C. The fraction of sp³-hybridized carbons (Fsp3) is 0.821. The molecule has 0 amide bonds. The van der Waals surface area contributed by atoms with Crippen LogP contribution in [0.2, 0.25) is 0 Å². The van der Waals surface area contributed by atoms with Crippen LogP contribution < -0.4 is 0 Å². The van der Waals surface area contributed by atoms with E-state index in [4.69, 9.17) is 14.6 Å². The van der Waals surface area contributed by atoms with E-state index >= 15 is 0 Å². The number of rotatable bonds is 23. The number of carbonyl (C=O) groups is 1. The van der Waals surface area contributed by atoms with E-state index in [9.17, 15) is 4.79 Å². The number of carbonyl (C=O) groups excluding carboxylic acids is 1. The second kappa shape index (κ2) is 25.3. The molecular weight excluding hydrogens is 414 g/mol. The zero-order valence-electron chi connectivity index (χ0n) is 21.9. The van der Waals surface area contributed by atoms with Crippen LogP contribution >= 0.6 is 0 Å². The Morgan fingerprint density at radius 1 is 0.818 bits per heavy atom. The molecule has 0 aliphatic carbocycles. The summed E-state index contributed by atoms with van der Waals surface area (Å²) in [4.78, 5) is 14.0. The zero-order chi connectivity index (χ0) is 24.4. The molecule has 5 nitrogen and oxygen atoms in total. The van der Waals surface area contributed by atoms with Crippen LogP contribution in [0.1, 0.15) is 110 Å². The molecule has 0 aliphatic rings. The molecule has 0 aromatic carbocycles. The van der Waals surface area contributed by atoms with Crippen molar-refractivity contribution in [1.82, 2.24) is 4.90 Å². The van der Waals surface area contributed by atoms with Crippen LogP contribution in [-0.2, 0) is 9.47 Å². The first-order valence-corrected chi connectivity index (χ1v) is 13.5. The van der Waals surface area contributed by atoms with Crippen LogP contribution in [0.4, 0.5) is 4.79 Å². The maximum atomic E-state index is 11.9. The monoisotopic (exact) mass is 467 g/mol. The second-order valence-corrected chi connectivity index (χ2v) is 9.23. The normalized spacial score (nSPS) is 12.8. The third-order valence-electron chi connectivity index (χ3n) is 5.64. The summed E-state index contributed by atoms with van der Waals surface area (Å²) in [6, 6.07) is 0. The summed E-state index contributed by atoms with van der Waals surface area (Å²) in [7, 11) is 3.99. The second-order valence-electron chi connectivity index (χ2n) is 9.23. The lowest BCUT2D eigenvalue weighted by molar-refractivity contribution is 0.0138. The molecule has 0 aromatic rings. The summed E-state index contributed by atoms with van der Waals surface area (Å²) >= 11 is 0. The first-order valence-electron chi connectivity index (χ1n) is 13.5. The highest BCUT2D eigenvalue weighted by Crippen LogP contribution is 2.15. The third-order valence-corrected chi connectivity index (χ3v) is 5.64. The summed E-state index contributed by atoms with van der Waals surface area (Å²) in [5.74, 6) is 0. The molecular formula is C28H53NO4. The number of hydrogen-bond acceptors (Lipinski definition) is 5. The predicted octanol–water partition coefficient (Wildman–Crippen LogP) is 7.44. The average Bonchev–Trinajstić information content (AvgIpc) is 2.79. The molecule has 1 unspecified atom stereocenters. The highest BCUT2D eigenvalue weighted by molar-refractivity contribution is 5.60. The van der Waals surface area contributed by atoms with Crippen molar-refractivity contribution in [2.45, 2.75) is 116 Å². The zero-order valence-corrected chi connectivity index (χ0v) is 21.9. The number of aliphatic hydroxyl groups is 1. The van der Waals surface area contributed by atoms with Gasteiger partial charge in [0.25, 0.3) is 0 Å². The topological polar surface area (TPSA) is 59.0 Å². The van der Waals surface area contributed by atoms with Crippen LogP contribution in [-0.4, -0.2) is 56.1 Å². The fourth-order valence-electron chi connectivity index (χ4n) is 3.65. The molecule has 0 saturated heterocycles. The molecule has 1 atom stereocenters. The fourth-order valence-corrected chi connectivity index (χ4v) is 3.65. The van der Waals surface area contributed by atoms with E-state index in [2.05, 4.69) is 36.1 Å². The maximum absolute atomic E-state index is 11.9. The van der Waals surface area contributed by atoms with Crippen molar-refractivity contribution in [3.05, 3.63) is 24.3 Å². The van der Waals surface area contributed by atoms with Crippen molar-refractivity contribution in [3.8, 4) is 0 Å². The van der Waals surface area contributed by atoms with Gasteiger partial charge in [-0.3, -0.25) is 0 Å². The molecule has 0 saturated carbocycles. The Morgan fingerprint density at radius 3 is 2.06 bits per heavy atom. The minimum absolute atomic E-state index is 0.126. The van der Waals surface area contributed by atoms with E-state index in [0.29, 0.717) is 19.4 Å². The lowest BCUT2D eigenvalue weighted by atomic mass is 10.0. The van der Waals surface area contributed by atoms with Crippen molar-refractivity contribution < 1.29 is 19.4 Å². The van der Waals surface area contributed by atoms with Crippen molar-refractivity contribution in [2.24, 2.45) is 0 Å². The van der Waals surface area contributed by atoms with Crippen molar-refractivity contribution in [2.75, 3.05) is 33.9 Å². The van der Waals surface area contributed by atoms with Gasteiger partial charge in [0.2, 0.25) is 0 Å². The Labute approximate surface area is 204 Å². The summed E-state index contributed by atoms with van der Waals surface area (Å²) in [6.45, 7) is 3.64. The lowest BCUT2D eigenvalue weighted by Crippen LogP contribution is -2.21. The molecule has 0 aromatic heterocycles. The summed E-state index contributed by atoms with van der Waals surface area (Å²) < 4.78 is 10.7. The predicted molar refractivity (Wildman–Crippen MR) is 140 cm³/mol. The van der Waals surface area contributed by atoms with Crippen molar-refractivity contribution in [3.63, 3.8) is 0 Å². The van der Waals surface area contributed by atoms with Crippen LogP contribution in [0.15, 0.2) is 24.3 Å². The Hall–Kier alpha value is -1.33. The molecule has 5 heteroatoms. The van der Waals surface area contributed by atoms with Crippen molar-refractivity contribution in [1.29, 1.82) is 0 Å². The third kappa shape index (κ3) is 25.1. The highest BCUT2D eigenvalue weighted by Gasteiger charge is 2.15. The van der Waals surface area contributed by atoms with Crippen molar-refractivity contribution >= 4 is 6.16 Å². The van der Waals surface area contributed by atoms with Gasteiger partial charge in [-0.1, -0.05) is 69.8 Å². The molecule has 0 aliphatic heterocycles. The van der Waals surface area contributed by atoms with E-state index in [1.165, 1.54) is 57.8 Å². The van der Waals surface area contributed by atoms with E-state index in [1.807, 2.05) is 14.1 Å². The van der Waals surface area contributed by atoms with Gasteiger partial charge >= 0.3 is 6.16 Å². The Kier molecular flexibility index (Phi) is 24.3. The van der Waals surface area contributed by atoms with E-state index < -0.39 is 6.16 Å². The molecule has 194 valence electrons. The molecule has 0 fully saturated rings. The molecule has 33 heavy (non-hydrogen) atoms. The Balaban J connectivity index is 3.71. The standard InChI is InChI=1S/C28H53NO4/c1-4-5-6-7-8-9-10-11-12-13-14-15-16-17-18-19-22-27(23-20-25-30)33-28(31)32-26-21-24-29(2)3/h8-9,11-12,27,30H,4-7,10,13-26H2,1-3H3/b9-8-,12-11-. The number of ether oxygens (including phenoxy) is 2. The maximum Gasteiger partial charge on any atom is 0.508 e. The quantitative estimate of drug-likeness (QED) is 0.0961. The van der Waals surface area contributed by atoms with Crippen LogP contribution in [0.3, 0.4) is 0 Å². The lowest BCUT2D eigenvalue weighted by Gasteiger charge is -2.17. The first-order chi connectivity index (χ1) is 16.1. The van der Waals surface area contributed by atoms with E-state index in [1.54, 1.807) is 0 Å². The van der Waals surface area contributed by atoms with Gasteiger partial charge in [-0.15, -0.1) is 0 Å². The number of unbranched alkanes of at least 4 members (excludes halogenated alkanes) is 9. The van der Waals surface area contributed by atoms with Gasteiger partial charge in [-0.05, 0) is 78.3 Å². The summed E-state index contributed by atoms with van der Waals surface area (Å²) in [5.41, 5.74) is 0. The summed E-state index contributed by atoms with van der Waals surface area (Å²) in [5, 5.41) is 9.10. The van der Waals surface area contributed by atoms with E-state index in [0.717, 1.165) is 38.6 Å². The van der Waals surface area contributed by atoms with Gasteiger partial charge in [-0.2, -0.15) is 0 Å². The number of hydrogen-bond donors (Lipinski definition) is 1. The average molecular weight is 468 g/mol. The van der Waals surface area contributed by atoms with Gasteiger partial charge in [0.05, 0.1) is 6.61 Å². The molecule has 0 spiro atoms. The minimum Gasteiger partial charge on any atom is -0.434 e. The van der Waals surface area contributed by atoms with Gasteiger partial charge in [0.15, 0.2) is 0 Å². The Bertz CT molecular complexity index is 477. The highest BCUT2D eigenvalue weighted by atomic mass is 16.7. The molecule has 0 radical (unpaired) electrons. The molecule has 0 bridgehead atoms. The molecule has 0 heterocycles. The van der Waals surface area contributed by atoms with Gasteiger partial charge < -0.3 is 19.5 Å². The number of aliphatic hydroxyl groups excluding tert-OH is 1. The van der Waals surface area contributed by atoms with Gasteiger partial charge in [0.1, 0.15) is 6.10 Å². The largest absolute Gasteiger partial charge is 0.508 e. The smallest absolute Gasteiger partial charge is 0.434 e. The van der Waals surface area contributed by atoms with Crippen LogP contribution in [0.25, 0.3) is 0 Å². The van der Waals surface area contributed by atoms with Crippen LogP contribution in [0.5, 0.6) is 0 Å². The summed E-state index contributed by atoms with van der Waals surface area (Å²) in [6.07, 6.45) is 26.1.